The molecule has 2 heterocycles. The summed E-state index contributed by atoms with van der Waals surface area (Å²) in [6.07, 6.45) is 4.37. The Hall–Kier alpha value is -8.44. The Bertz CT molecular complexity index is 3030. The van der Waals surface area contributed by atoms with E-state index in [0.29, 0.717) is 28.1 Å². The van der Waals surface area contributed by atoms with Crippen molar-refractivity contribution in [3.8, 4) is 28.7 Å². The first-order chi connectivity index (χ1) is 31.8. The summed E-state index contributed by atoms with van der Waals surface area (Å²) >= 11 is 0. The van der Waals surface area contributed by atoms with Gasteiger partial charge < -0.3 is 30.2 Å². The van der Waals surface area contributed by atoms with Gasteiger partial charge in [0.15, 0.2) is 11.8 Å². The molecule has 1 radical (unpaired) electrons. The Morgan fingerprint density at radius 2 is 1.19 bits per heavy atom. The Labute approximate surface area is 392 Å². The van der Waals surface area contributed by atoms with Gasteiger partial charge in [-0.1, -0.05) is 0 Å². The van der Waals surface area contributed by atoms with E-state index in [0.717, 1.165) is 37.6 Å². The number of benzene rings is 5. The third-order valence-corrected chi connectivity index (χ3v) is 10.4. The van der Waals surface area contributed by atoms with E-state index in [-0.39, 0.29) is 73.9 Å². The van der Waals surface area contributed by atoms with Crippen LogP contribution in [0.5, 0.6) is 23.0 Å². The van der Waals surface area contributed by atoms with Crippen LogP contribution in [0.3, 0.4) is 0 Å². The number of allylic oxidation sites excluding steroid dienone is 1. The number of non-ortho nitro benzene ring substituents is 1. The number of anilines is 2. The number of phenols is 4. The molecule has 1 aromatic heterocycles. The van der Waals surface area contributed by atoms with Crippen LogP contribution < -0.4 is 9.80 Å². The molecule has 23 heteroatoms. The van der Waals surface area contributed by atoms with Gasteiger partial charge in [-0.2, -0.15) is 4.80 Å². The molecule has 6 aromatic rings. The minimum Gasteiger partial charge on any atom is -0.506 e. The van der Waals surface area contributed by atoms with Gasteiger partial charge in [0, 0.05) is 113 Å². The predicted octanol–water partition coefficient (Wildman–Crippen LogP) is 9.92. The van der Waals surface area contributed by atoms with Crippen molar-refractivity contribution in [3.05, 3.63) is 135 Å². The molecule has 2 aliphatic rings. The molecule has 1 aliphatic carbocycles. The van der Waals surface area contributed by atoms with Crippen LogP contribution in [-0.2, 0) is 16.8 Å². The van der Waals surface area contributed by atoms with Crippen LogP contribution in [0.1, 0.15) is 27.7 Å². The first kappa shape index (κ1) is 48.0. The van der Waals surface area contributed by atoms with Gasteiger partial charge in [0.25, 0.3) is 17.1 Å². The molecule has 1 unspecified atom stereocenters. The summed E-state index contributed by atoms with van der Waals surface area (Å²) < 4.78 is 0. The summed E-state index contributed by atoms with van der Waals surface area (Å²) in [5, 5.41) is 96.6. The van der Waals surface area contributed by atoms with Crippen molar-refractivity contribution in [2.45, 2.75) is 33.7 Å². The fourth-order valence-electron chi connectivity index (χ4n) is 6.79. The smallest absolute Gasteiger partial charge is 0.271 e. The zero-order valence-corrected chi connectivity index (χ0v) is 37.4. The standard InChI is InChI=1S/2C22H21N7O4.Co/c2*1-3-27(4-2)14-5-9-18(22(31)13-14)23-24-20-11-15(7-10-21(20)30)28-25-17-8-6-16(29(32)33)12-19(17)26-28;/h5-13,30-31H,3-4H2,1-2H3;5-13,17,25H,3-4H2,1-2H3;/p+1. The summed E-state index contributed by atoms with van der Waals surface area (Å²) in [7, 11) is 0. The largest absolute Gasteiger partial charge is 0.506 e. The second-order valence-electron chi connectivity index (χ2n) is 14.4. The van der Waals surface area contributed by atoms with Crippen LogP contribution in [0.25, 0.3) is 16.7 Å². The molecule has 8 rings (SSSR count). The van der Waals surface area contributed by atoms with Gasteiger partial charge >= 0.3 is 0 Å². The number of aromatic nitrogens is 3. The van der Waals surface area contributed by atoms with E-state index < -0.39 is 15.9 Å². The van der Waals surface area contributed by atoms with Gasteiger partial charge in [-0.15, -0.1) is 30.7 Å². The Morgan fingerprint density at radius 3 is 1.75 bits per heavy atom. The average molecular weight is 955 g/mol. The fraction of sp³-hybridized carbons (Fsp3) is 0.205. The van der Waals surface area contributed by atoms with Gasteiger partial charge in [0.2, 0.25) is 0 Å². The average Bonchev–Trinajstić information content (AvgIpc) is 3.95. The summed E-state index contributed by atoms with van der Waals surface area (Å²) in [5.74, 6) is -0.278. The van der Waals surface area contributed by atoms with E-state index in [1.54, 1.807) is 42.5 Å². The molecule has 0 fully saturated rings. The number of hydrazone groups is 1. The summed E-state index contributed by atoms with van der Waals surface area (Å²) in [4.78, 5) is 27.8. The van der Waals surface area contributed by atoms with Crippen molar-refractivity contribution >= 4 is 62.2 Å². The molecule has 22 nitrogen and oxygen atoms in total. The number of hydrogen-bond donors (Lipinski definition) is 4. The van der Waals surface area contributed by atoms with E-state index >= 15 is 0 Å². The van der Waals surface area contributed by atoms with Crippen LogP contribution in [0, 0.1) is 20.2 Å². The number of rotatable bonds is 14. The number of hydrogen-bond acceptors (Lipinski definition) is 18. The molecule has 67 heavy (non-hydrogen) atoms. The topological polar surface area (TPSA) is 282 Å². The number of nitrogens with zero attached hydrogens (tertiary/aromatic N) is 14. The number of nitro groups is 2. The van der Waals surface area contributed by atoms with Crippen LogP contribution in [-0.4, -0.2) is 88.0 Å². The van der Waals surface area contributed by atoms with Crippen LogP contribution in [0.15, 0.2) is 146 Å². The molecule has 0 spiro atoms. The van der Waals surface area contributed by atoms with Gasteiger partial charge in [-0.3, -0.25) is 20.2 Å². The van der Waals surface area contributed by atoms with Crippen molar-refractivity contribution in [2.24, 2.45) is 30.7 Å². The van der Waals surface area contributed by atoms with E-state index in [1.807, 2.05) is 39.8 Å². The van der Waals surface area contributed by atoms with E-state index in [9.17, 15) is 40.7 Å². The zero-order valence-electron chi connectivity index (χ0n) is 36.3. The second-order valence-corrected chi connectivity index (χ2v) is 14.4. The van der Waals surface area contributed by atoms with Crippen molar-refractivity contribution in [1.29, 1.82) is 0 Å². The molecular weight excluding hydrogens is 912 g/mol. The number of nitro benzene ring substituents is 1. The Balaban J connectivity index is 0.000000218. The molecule has 345 valence electrons. The molecule has 0 bridgehead atoms. The monoisotopic (exact) mass is 954 g/mol. The molecule has 0 saturated carbocycles. The minimum absolute atomic E-state index is 0. The number of azo groups is 3. The molecule has 0 saturated heterocycles. The van der Waals surface area contributed by atoms with Crippen LogP contribution in [0.2, 0.25) is 0 Å². The minimum atomic E-state index is -0.499. The normalized spacial score (nSPS) is 13.9. The summed E-state index contributed by atoms with van der Waals surface area (Å²) in [6.45, 7) is 11.4. The van der Waals surface area contributed by atoms with E-state index in [2.05, 4.69) is 50.7 Å². The maximum Gasteiger partial charge on any atom is 0.271 e. The van der Waals surface area contributed by atoms with E-state index in [1.165, 1.54) is 64.2 Å². The third kappa shape index (κ3) is 10.9. The number of fused-ring (bicyclic) bond motifs is 2. The van der Waals surface area contributed by atoms with Gasteiger partial charge in [-0.05, 0) is 88.4 Å². The van der Waals surface area contributed by atoms with Crippen molar-refractivity contribution in [3.63, 3.8) is 0 Å². The molecule has 1 aliphatic heterocycles. The van der Waals surface area contributed by atoms with Gasteiger partial charge in [-0.25, -0.2) is 0 Å². The first-order valence-corrected chi connectivity index (χ1v) is 20.6. The van der Waals surface area contributed by atoms with Gasteiger partial charge in [0.1, 0.15) is 56.8 Å². The predicted molar refractivity (Wildman–Crippen MR) is 245 cm³/mol. The SMILES string of the molecule is CCN(CC)c1ccc(N=Nc2cc(-n3nc4ccc([N+](=O)[O-])cc4n3)ccc2O)c(O)c1.CCN(CC)c1ccc(N=Nc2cc([N+]3=NC4C=CC([N+](=O)[O-])=CC4=N3)ccc2O)c(O)c1.[Co]. The Kier molecular flexibility index (Phi) is 15.1. The third-order valence-electron chi connectivity index (χ3n) is 10.4. The van der Waals surface area contributed by atoms with Crippen LogP contribution >= 0.6 is 0 Å². The van der Waals surface area contributed by atoms with Crippen molar-refractivity contribution in [2.75, 3.05) is 36.0 Å². The van der Waals surface area contributed by atoms with Crippen molar-refractivity contribution in [1.82, 2.24) is 15.0 Å². The molecular formula is C44H43CoN14O8+. The second kappa shape index (κ2) is 21.0. The molecule has 4 N–H and O–H groups in total. The number of aromatic hydroxyl groups is 4. The van der Waals surface area contributed by atoms with E-state index in [4.69, 9.17) is 0 Å². The van der Waals surface area contributed by atoms with Gasteiger partial charge in [0.05, 0.1) is 20.3 Å². The molecule has 5 aromatic carbocycles. The molecule has 0 amide bonds. The summed E-state index contributed by atoms with van der Waals surface area (Å²) in [6, 6.07) is 23.1. The quantitative estimate of drug-likeness (QED) is 0.0343. The molecule has 1 atom stereocenters. The number of phenolic OH excluding ortho intramolecular Hbond substituents is 4. The summed E-state index contributed by atoms with van der Waals surface area (Å²) in [5.41, 5.74) is 4.67. The maximum absolute atomic E-state index is 11.0. The van der Waals surface area contributed by atoms with Crippen LogP contribution in [0.4, 0.5) is 45.5 Å². The first-order valence-electron chi connectivity index (χ1n) is 20.6. The van der Waals surface area contributed by atoms with Crippen molar-refractivity contribution < 1.29 is 51.9 Å². The zero-order chi connectivity index (χ0) is 47.1. The maximum atomic E-state index is 11.0. The fourth-order valence-corrected chi connectivity index (χ4v) is 6.79. The Morgan fingerprint density at radius 1 is 0.642 bits per heavy atom.